The molecule has 4 aromatic carbocycles. The summed E-state index contributed by atoms with van der Waals surface area (Å²) in [7, 11) is 0. The zero-order valence-corrected chi connectivity index (χ0v) is 30.6. The molecule has 0 bridgehead atoms. The van der Waals surface area contributed by atoms with Crippen molar-refractivity contribution in [3.8, 4) is 0 Å². The van der Waals surface area contributed by atoms with Crippen LogP contribution in [0.4, 0.5) is 0 Å². The van der Waals surface area contributed by atoms with Crippen molar-refractivity contribution in [2.45, 2.75) is 50.6 Å². The fourth-order valence-electron chi connectivity index (χ4n) is 8.56. The van der Waals surface area contributed by atoms with Crippen LogP contribution in [0.1, 0.15) is 84.0 Å². The minimum Gasteiger partial charge on any atom is -0.340 e. The molecule has 7 heteroatoms. The monoisotopic (exact) mass is 698 g/mol. The minimum atomic E-state index is 0. The third kappa shape index (κ3) is 7.92. The second-order valence-corrected chi connectivity index (χ2v) is 13.7. The van der Waals surface area contributed by atoms with Gasteiger partial charge in [-0.1, -0.05) is 123 Å². The predicted molar refractivity (Wildman–Crippen MR) is 206 cm³/mol. The largest absolute Gasteiger partial charge is 0.340 e. The molecule has 260 valence electrons. The molecule has 5 nitrogen and oxygen atoms in total. The Bertz CT molecular complexity index is 1640. The zero-order chi connectivity index (χ0) is 32.2. The first kappa shape index (κ1) is 37.1. The van der Waals surface area contributed by atoms with Gasteiger partial charge in [-0.2, -0.15) is 0 Å². The molecular weight excluding hydrogens is 647 g/mol. The van der Waals surface area contributed by atoms with Crippen molar-refractivity contribution in [3.05, 3.63) is 143 Å². The number of carbonyl (C=O) groups excluding carboxylic acids is 1. The molecule has 49 heavy (non-hydrogen) atoms. The number of fused-ring (bicyclic) bond motifs is 6. The Labute approximate surface area is 306 Å². The van der Waals surface area contributed by atoms with Gasteiger partial charge in [-0.25, -0.2) is 0 Å². The van der Waals surface area contributed by atoms with E-state index in [1.807, 2.05) is 11.8 Å². The Balaban J connectivity index is 0.000000184. The molecule has 0 spiro atoms. The summed E-state index contributed by atoms with van der Waals surface area (Å²) in [4.78, 5) is 22.1. The molecule has 2 fully saturated rings. The van der Waals surface area contributed by atoms with Crippen LogP contribution in [0.15, 0.2) is 109 Å². The van der Waals surface area contributed by atoms with Gasteiger partial charge in [0, 0.05) is 76.7 Å². The van der Waals surface area contributed by atoms with E-state index in [0.29, 0.717) is 30.3 Å². The number of nitrogens with zero attached hydrogens (tertiary/aromatic N) is 4. The minimum absolute atomic E-state index is 0. The SMILES string of the molecule is CCC(=O)N1CCN2C[C@@H](c3ccccc3)c3ccccc3[C@H]2C1.CCCN1CCN2C[C@@H](c3ccccc3)c3ccccc3[C@H]2C1.Cl.Cl. The summed E-state index contributed by atoms with van der Waals surface area (Å²) >= 11 is 0. The van der Waals surface area contributed by atoms with Gasteiger partial charge < -0.3 is 9.80 Å². The van der Waals surface area contributed by atoms with E-state index in [9.17, 15) is 4.79 Å². The Morgan fingerprint density at radius 1 is 0.551 bits per heavy atom. The van der Waals surface area contributed by atoms with Crippen LogP contribution >= 0.6 is 24.8 Å². The number of piperazine rings is 2. The summed E-state index contributed by atoms with van der Waals surface area (Å²) < 4.78 is 0. The average Bonchev–Trinajstić information content (AvgIpc) is 3.15. The molecule has 0 aliphatic carbocycles. The van der Waals surface area contributed by atoms with Crippen LogP contribution < -0.4 is 0 Å². The summed E-state index contributed by atoms with van der Waals surface area (Å²) in [5.74, 6) is 1.21. The number of hydrogen-bond donors (Lipinski definition) is 0. The highest BCUT2D eigenvalue weighted by Gasteiger charge is 2.38. The Morgan fingerprint density at radius 2 is 1.00 bits per heavy atom. The number of hydrogen-bond acceptors (Lipinski definition) is 4. The standard InChI is InChI=1S/C21H24N2O.C21H26N2.2ClH/c1-2-21(24)23-13-12-22-14-19(16-8-4-3-5-9-16)17-10-6-7-11-18(17)20(22)15-23;1-2-12-22-13-14-23-15-20(17-8-4-3-5-9-17)18-10-6-7-11-19(18)21(23)16-22;;/h3-11,19-20H,2,12-15H2,1H3;3-11,20-21H,2,12-16H2,1H3;2*1H/t19-,20+;20-,21+;;/m00../s1. The van der Waals surface area contributed by atoms with Crippen molar-refractivity contribution in [1.29, 1.82) is 0 Å². The van der Waals surface area contributed by atoms with E-state index in [1.54, 1.807) is 11.1 Å². The molecule has 4 aromatic rings. The van der Waals surface area contributed by atoms with Crippen molar-refractivity contribution >= 4 is 30.7 Å². The van der Waals surface area contributed by atoms with E-state index in [4.69, 9.17) is 0 Å². The molecule has 1 amide bonds. The second kappa shape index (κ2) is 17.2. The van der Waals surface area contributed by atoms with Crippen LogP contribution in [0.5, 0.6) is 0 Å². The molecule has 2 saturated heterocycles. The Hall–Kier alpha value is -3.19. The van der Waals surface area contributed by atoms with Gasteiger partial charge in [0.05, 0.1) is 6.04 Å². The molecular formula is C42H52Cl2N4O. The van der Waals surface area contributed by atoms with Gasteiger partial charge in [-0.15, -0.1) is 24.8 Å². The molecule has 4 aliphatic heterocycles. The van der Waals surface area contributed by atoms with Crippen LogP contribution in [0.2, 0.25) is 0 Å². The highest BCUT2D eigenvalue weighted by atomic mass is 35.5. The predicted octanol–water partition coefficient (Wildman–Crippen LogP) is 8.17. The Kier molecular flexibility index (Phi) is 13.0. The Morgan fingerprint density at radius 3 is 1.49 bits per heavy atom. The van der Waals surface area contributed by atoms with E-state index >= 15 is 0 Å². The first-order chi connectivity index (χ1) is 23.1. The highest BCUT2D eigenvalue weighted by Crippen LogP contribution is 2.42. The van der Waals surface area contributed by atoms with Crippen LogP contribution in [-0.2, 0) is 4.79 Å². The van der Waals surface area contributed by atoms with Crippen molar-refractivity contribution in [1.82, 2.24) is 19.6 Å². The zero-order valence-electron chi connectivity index (χ0n) is 29.0. The van der Waals surface area contributed by atoms with Gasteiger partial charge in [-0.3, -0.25) is 14.6 Å². The number of benzene rings is 4. The van der Waals surface area contributed by atoms with E-state index < -0.39 is 0 Å². The maximum atomic E-state index is 12.1. The molecule has 8 rings (SSSR count). The normalized spacial score (nSPS) is 23.2. The lowest BCUT2D eigenvalue weighted by Gasteiger charge is -2.47. The summed E-state index contributed by atoms with van der Waals surface area (Å²) in [6.07, 6.45) is 1.85. The number of amides is 1. The van der Waals surface area contributed by atoms with Gasteiger partial charge >= 0.3 is 0 Å². The van der Waals surface area contributed by atoms with Crippen molar-refractivity contribution in [3.63, 3.8) is 0 Å². The number of halogens is 2. The molecule has 0 N–H and O–H groups in total. The van der Waals surface area contributed by atoms with Crippen molar-refractivity contribution in [2.24, 2.45) is 0 Å². The molecule has 4 atom stereocenters. The quantitative estimate of drug-likeness (QED) is 0.210. The summed E-state index contributed by atoms with van der Waals surface area (Å²) in [6.45, 7) is 13.9. The molecule has 4 heterocycles. The third-order valence-corrected chi connectivity index (χ3v) is 11.0. The topological polar surface area (TPSA) is 30.0 Å². The van der Waals surface area contributed by atoms with E-state index in [0.717, 1.165) is 32.7 Å². The molecule has 4 aliphatic rings. The van der Waals surface area contributed by atoms with Crippen molar-refractivity contribution in [2.75, 3.05) is 58.9 Å². The van der Waals surface area contributed by atoms with Crippen LogP contribution in [0.25, 0.3) is 0 Å². The highest BCUT2D eigenvalue weighted by molar-refractivity contribution is 5.85. The molecule has 0 radical (unpaired) electrons. The van der Waals surface area contributed by atoms with Crippen LogP contribution in [0, 0.1) is 0 Å². The van der Waals surface area contributed by atoms with E-state index in [2.05, 4.69) is 131 Å². The van der Waals surface area contributed by atoms with E-state index in [-0.39, 0.29) is 30.7 Å². The maximum absolute atomic E-state index is 12.1. The molecule has 0 saturated carbocycles. The fourth-order valence-corrected chi connectivity index (χ4v) is 8.56. The second-order valence-electron chi connectivity index (χ2n) is 13.7. The van der Waals surface area contributed by atoms with E-state index in [1.165, 1.54) is 54.9 Å². The molecule has 0 aromatic heterocycles. The first-order valence-electron chi connectivity index (χ1n) is 17.9. The lowest BCUT2D eigenvalue weighted by molar-refractivity contribution is -0.134. The smallest absolute Gasteiger partial charge is 0.222 e. The third-order valence-electron chi connectivity index (χ3n) is 11.0. The van der Waals surface area contributed by atoms with Crippen LogP contribution in [0.3, 0.4) is 0 Å². The lowest BCUT2D eigenvalue weighted by atomic mass is 9.80. The fraction of sp³-hybridized carbons (Fsp3) is 0.405. The lowest BCUT2D eigenvalue weighted by Crippen LogP contribution is -2.53. The number of rotatable bonds is 5. The van der Waals surface area contributed by atoms with Crippen molar-refractivity contribution < 1.29 is 4.79 Å². The van der Waals surface area contributed by atoms with Gasteiger partial charge in [0.15, 0.2) is 0 Å². The summed E-state index contributed by atoms with van der Waals surface area (Å²) in [5.41, 5.74) is 8.75. The number of carbonyl (C=O) groups is 1. The maximum Gasteiger partial charge on any atom is 0.222 e. The van der Waals surface area contributed by atoms with Gasteiger partial charge in [0.1, 0.15) is 0 Å². The summed E-state index contributed by atoms with van der Waals surface area (Å²) in [6, 6.07) is 40.7. The summed E-state index contributed by atoms with van der Waals surface area (Å²) in [5, 5.41) is 0. The van der Waals surface area contributed by atoms with Gasteiger partial charge in [0.2, 0.25) is 5.91 Å². The average molecular weight is 700 g/mol. The molecule has 0 unspecified atom stereocenters. The van der Waals surface area contributed by atoms with Crippen LogP contribution in [-0.4, -0.2) is 84.4 Å². The van der Waals surface area contributed by atoms with Gasteiger partial charge in [0.25, 0.3) is 0 Å². The first-order valence-corrected chi connectivity index (χ1v) is 17.9. The van der Waals surface area contributed by atoms with Gasteiger partial charge in [-0.05, 0) is 46.3 Å².